The lowest BCUT2D eigenvalue weighted by Crippen LogP contribution is -2.26. The molecule has 0 saturated carbocycles. The molecule has 0 aromatic heterocycles. The fourth-order valence-electron chi connectivity index (χ4n) is 1.22. The van der Waals surface area contributed by atoms with Crippen molar-refractivity contribution in [3.8, 4) is 0 Å². The maximum absolute atomic E-state index is 11.1. The third kappa shape index (κ3) is 3.36. The normalized spacial score (nSPS) is 12.0. The van der Waals surface area contributed by atoms with Crippen LogP contribution in [0.25, 0.3) is 0 Å². The molecule has 0 heterocycles. The SMILES string of the molecule is NN=C(N)Nc1c[c]cc(NC(N)=NN)c1[N+](=O)[O-]. The summed E-state index contributed by atoms with van der Waals surface area (Å²) in [5, 5.41) is 22.3. The maximum atomic E-state index is 11.1. The van der Waals surface area contributed by atoms with E-state index < -0.39 is 4.92 Å². The van der Waals surface area contributed by atoms with Crippen LogP contribution in [0.15, 0.2) is 22.3 Å². The molecule has 0 bridgehead atoms. The van der Waals surface area contributed by atoms with E-state index >= 15 is 0 Å². The van der Waals surface area contributed by atoms with E-state index in [9.17, 15) is 10.1 Å². The van der Waals surface area contributed by atoms with E-state index in [4.69, 9.17) is 23.2 Å². The molecule has 0 saturated heterocycles. The van der Waals surface area contributed by atoms with Crippen molar-refractivity contribution in [1.29, 1.82) is 0 Å². The second-order valence-electron chi connectivity index (χ2n) is 3.17. The molecule has 0 spiro atoms. The Bertz CT molecular complexity index is 501. The predicted octanol–water partition coefficient (Wildman–Crippen LogP) is -1.40. The summed E-state index contributed by atoms with van der Waals surface area (Å²) in [5.41, 5.74) is 10.4. The monoisotopic (exact) mass is 266 g/mol. The molecule has 1 rings (SSSR count). The van der Waals surface area contributed by atoms with Gasteiger partial charge in [0.05, 0.1) is 4.92 Å². The van der Waals surface area contributed by atoms with E-state index in [1.165, 1.54) is 12.1 Å². The molecule has 11 heteroatoms. The maximum Gasteiger partial charge on any atom is 0.316 e. The van der Waals surface area contributed by atoms with Crippen molar-refractivity contribution in [3.05, 3.63) is 28.3 Å². The Kier molecular flexibility index (Phi) is 4.29. The van der Waals surface area contributed by atoms with E-state index in [2.05, 4.69) is 26.9 Å². The largest absolute Gasteiger partial charge is 0.368 e. The zero-order valence-corrected chi connectivity index (χ0v) is 9.62. The molecular weight excluding hydrogens is 254 g/mol. The molecule has 0 unspecified atom stereocenters. The summed E-state index contributed by atoms with van der Waals surface area (Å²) in [7, 11) is 0. The Labute approximate surface area is 107 Å². The van der Waals surface area contributed by atoms with Gasteiger partial charge in [-0.2, -0.15) is 0 Å². The predicted molar refractivity (Wildman–Crippen MR) is 70.8 cm³/mol. The average molecular weight is 266 g/mol. The van der Waals surface area contributed by atoms with Crippen LogP contribution >= 0.6 is 0 Å². The number of anilines is 2. The van der Waals surface area contributed by atoms with Gasteiger partial charge in [0.15, 0.2) is 0 Å². The first-order chi connectivity index (χ1) is 8.99. The van der Waals surface area contributed by atoms with Crippen molar-refractivity contribution in [2.24, 2.45) is 33.4 Å². The fourth-order valence-corrected chi connectivity index (χ4v) is 1.22. The zero-order valence-electron chi connectivity index (χ0n) is 9.62. The Morgan fingerprint density at radius 1 is 1.16 bits per heavy atom. The average Bonchev–Trinajstić information content (AvgIpc) is 2.38. The fraction of sp³-hybridized carbons (Fsp3) is 0. The smallest absolute Gasteiger partial charge is 0.316 e. The number of nitro benzene ring substituents is 1. The number of nitrogens with one attached hydrogen (secondary N) is 2. The Hall–Kier alpha value is -3.24. The quantitative estimate of drug-likeness (QED) is 0.126. The number of nitrogens with zero attached hydrogens (tertiary/aromatic N) is 3. The highest BCUT2D eigenvalue weighted by Gasteiger charge is 2.20. The molecule has 1 aromatic rings. The second kappa shape index (κ2) is 5.90. The first-order valence-corrected chi connectivity index (χ1v) is 4.78. The highest BCUT2D eigenvalue weighted by Crippen LogP contribution is 2.32. The first-order valence-electron chi connectivity index (χ1n) is 4.78. The first kappa shape index (κ1) is 13.8. The van der Waals surface area contributed by atoms with Crippen LogP contribution < -0.4 is 33.8 Å². The number of hydrazone groups is 2. The van der Waals surface area contributed by atoms with Gasteiger partial charge in [0, 0.05) is 0 Å². The molecule has 0 amide bonds. The summed E-state index contributed by atoms with van der Waals surface area (Å²) in [6, 6.07) is 5.26. The molecule has 10 N–H and O–H groups in total. The minimum atomic E-state index is -0.647. The molecular formula is C8H12N9O2. The van der Waals surface area contributed by atoms with E-state index in [-0.39, 0.29) is 29.0 Å². The summed E-state index contributed by atoms with van der Waals surface area (Å²) >= 11 is 0. The van der Waals surface area contributed by atoms with Crippen LogP contribution in [0.3, 0.4) is 0 Å². The molecule has 11 nitrogen and oxygen atoms in total. The molecule has 0 aliphatic heterocycles. The number of benzene rings is 1. The number of rotatable bonds is 3. The molecule has 0 fully saturated rings. The van der Waals surface area contributed by atoms with Crippen molar-refractivity contribution in [3.63, 3.8) is 0 Å². The molecule has 0 aliphatic rings. The summed E-state index contributed by atoms with van der Waals surface area (Å²) < 4.78 is 0. The van der Waals surface area contributed by atoms with Gasteiger partial charge in [0.25, 0.3) is 0 Å². The van der Waals surface area contributed by atoms with Gasteiger partial charge >= 0.3 is 5.69 Å². The molecule has 0 aliphatic carbocycles. The minimum absolute atomic E-state index is 0.0338. The Morgan fingerprint density at radius 3 is 1.89 bits per heavy atom. The topological polar surface area (TPSA) is 196 Å². The van der Waals surface area contributed by atoms with Crippen molar-refractivity contribution in [1.82, 2.24) is 0 Å². The highest BCUT2D eigenvalue weighted by atomic mass is 16.6. The van der Waals surface area contributed by atoms with Crippen molar-refractivity contribution >= 4 is 29.0 Å². The van der Waals surface area contributed by atoms with Crippen LogP contribution in [0, 0.1) is 16.2 Å². The van der Waals surface area contributed by atoms with E-state index in [0.717, 1.165) is 0 Å². The van der Waals surface area contributed by atoms with Gasteiger partial charge in [0.2, 0.25) is 11.9 Å². The van der Waals surface area contributed by atoms with Gasteiger partial charge in [-0.05, 0) is 18.2 Å². The molecule has 1 aromatic carbocycles. The highest BCUT2D eigenvalue weighted by molar-refractivity contribution is 5.99. The van der Waals surface area contributed by atoms with Gasteiger partial charge in [-0.1, -0.05) is 0 Å². The Morgan fingerprint density at radius 2 is 1.58 bits per heavy atom. The molecule has 101 valence electrons. The van der Waals surface area contributed by atoms with E-state index in [1.807, 2.05) is 0 Å². The third-order valence-corrected chi connectivity index (χ3v) is 1.95. The Balaban J connectivity index is 3.25. The van der Waals surface area contributed by atoms with Gasteiger partial charge < -0.3 is 33.8 Å². The van der Waals surface area contributed by atoms with Crippen LogP contribution in [0.5, 0.6) is 0 Å². The van der Waals surface area contributed by atoms with Crippen molar-refractivity contribution in [2.45, 2.75) is 0 Å². The molecule has 0 atom stereocenters. The van der Waals surface area contributed by atoms with Crippen LogP contribution in [-0.4, -0.2) is 16.8 Å². The minimum Gasteiger partial charge on any atom is -0.368 e. The van der Waals surface area contributed by atoms with Gasteiger partial charge in [0.1, 0.15) is 11.4 Å². The lowest BCUT2D eigenvalue weighted by atomic mass is 10.2. The number of guanidine groups is 2. The summed E-state index contributed by atoms with van der Waals surface area (Å²) in [4.78, 5) is 10.4. The number of hydrogen-bond donors (Lipinski definition) is 6. The van der Waals surface area contributed by atoms with Crippen molar-refractivity contribution < 1.29 is 4.92 Å². The summed E-state index contributed by atoms with van der Waals surface area (Å²) in [6.07, 6.45) is 0. The second-order valence-corrected chi connectivity index (χ2v) is 3.17. The molecule has 1 radical (unpaired) electrons. The van der Waals surface area contributed by atoms with Crippen molar-refractivity contribution in [2.75, 3.05) is 10.6 Å². The molecule has 19 heavy (non-hydrogen) atoms. The van der Waals surface area contributed by atoms with Crippen LogP contribution in [0.4, 0.5) is 17.1 Å². The van der Waals surface area contributed by atoms with Gasteiger partial charge in [-0.15, -0.1) is 10.2 Å². The van der Waals surface area contributed by atoms with Crippen LogP contribution in [0.1, 0.15) is 0 Å². The van der Waals surface area contributed by atoms with Crippen LogP contribution in [0.2, 0.25) is 0 Å². The van der Waals surface area contributed by atoms with Gasteiger partial charge in [-0.3, -0.25) is 10.1 Å². The third-order valence-electron chi connectivity index (χ3n) is 1.95. The number of hydrogen-bond acceptors (Lipinski definition) is 6. The lowest BCUT2D eigenvalue weighted by Gasteiger charge is -2.09. The van der Waals surface area contributed by atoms with E-state index in [0.29, 0.717) is 0 Å². The number of nitro groups is 1. The van der Waals surface area contributed by atoms with E-state index in [1.54, 1.807) is 0 Å². The lowest BCUT2D eigenvalue weighted by molar-refractivity contribution is -0.383. The summed E-state index contributed by atoms with van der Waals surface area (Å²) in [5.74, 6) is 9.47. The standard InChI is InChI=1S/C8H12N9O2/c9-7(15-11)13-4-2-1-3-5(6(4)17(18)19)14-8(10)16-12/h2-3H,11-12H2,(H3,9,13,15)(H3,10,14,16). The number of nitrogens with two attached hydrogens (primary N) is 4. The zero-order chi connectivity index (χ0) is 14.4. The summed E-state index contributed by atoms with van der Waals surface area (Å²) in [6.45, 7) is 0. The van der Waals surface area contributed by atoms with Crippen LogP contribution in [-0.2, 0) is 0 Å². The van der Waals surface area contributed by atoms with Gasteiger partial charge in [-0.25, -0.2) is 0 Å².